The second-order valence-electron chi connectivity index (χ2n) is 6.56. The number of halogens is 3. The predicted molar refractivity (Wildman–Crippen MR) is 112 cm³/mol. The number of hydrogen-bond acceptors (Lipinski definition) is 7. The minimum Gasteiger partial charge on any atom is -0.422 e. The molecule has 0 aliphatic rings. The van der Waals surface area contributed by atoms with E-state index < -0.39 is 22.7 Å². The summed E-state index contributed by atoms with van der Waals surface area (Å²) in [6, 6.07) is 3.93. The highest BCUT2D eigenvalue weighted by atomic mass is 32.1. The Balaban J connectivity index is 1.44. The van der Waals surface area contributed by atoms with Crippen LogP contribution in [-0.2, 0) is 11.0 Å². The van der Waals surface area contributed by atoms with E-state index in [0.717, 1.165) is 23.5 Å². The average molecular weight is 458 g/mol. The SMILES string of the molecule is Cc1cnc(NC(=O)C(=S)Oc2ccc(-c3cnc4cnccn34)cn2)cc1C(F)(F)F. The number of nitrogens with zero attached hydrogens (tertiary/aromatic N) is 5. The maximum Gasteiger partial charge on any atom is 0.416 e. The molecular weight excluding hydrogens is 445 g/mol. The van der Waals surface area contributed by atoms with Crippen LogP contribution in [0.25, 0.3) is 16.9 Å². The van der Waals surface area contributed by atoms with Gasteiger partial charge in [-0.25, -0.2) is 15.0 Å². The number of aromatic nitrogens is 5. The molecule has 0 atom stereocenters. The number of pyridine rings is 2. The van der Waals surface area contributed by atoms with Gasteiger partial charge in [0.15, 0.2) is 5.65 Å². The summed E-state index contributed by atoms with van der Waals surface area (Å²) in [4.78, 5) is 28.4. The van der Waals surface area contributed by atoms with Gasteiger partial charge in [-0.1, -0.05) is 0 Å². The first-order valence-corrected chi connectivity index (χ1v) is 9.43. The van der Waals surface area contributed by atoms with Crippen LogP contribution in [0.4, 0.5) is 19.0 Å². The number of ether oxygens (including phenoxy) is 1. The quantitative estimate of drug-likeness (QED) is 0.466. The molecule has 12 heteroatoms. The number of fused-ring (bicyclic) bond motifs is 1. The van der Waals surface area contributed by atoms with Gasteiger partial charge in [-0.15, -0.1) is 0 Å². The smallest absolute Gasteiger partial charge is 0.416 e. The Bertz CT molecular complexity index is 1320. The van der Waals surface area contributed by atoms with E-state index in [1.807, 2.05) is 4.40 Å². The molecule has 32 heavy (non-hydrogen) atoms. The van der Waals surface area contributed by atoms with Crippen molar-refractivity contribution in [2.75, 3.05) is 5.32 Å². The highest BCUT2D eigenvalue weighted by Crippen LogP contribution is 2.32. The zero-order chi connectivity index (χ0) is 22.9. The Morgan fingerprint density at radius 3 is 2.66 bits per heavy atom. The van der Waals surface area contributed by atoms with E-state index >= 15 is 0 Å². The lowest BCUT2D eigenvalue weighted by Gasteiger charge is -2.12. The molecule has 0 fully saturated rings. The van der Waals surface area contributed by atoms with Gasteiger partial charge in [-0.05, 0) is 36.8 Å². The number of amides is 1. The number of nitrogens with one attached hydrogen (secondary N) is 1. The number of aryl methyl sites for hydroxylation is 1. The van der Waals surface area contributed by atoms with E-state index in [1.54, 1.807) is 30.9 Å². The molecule has 0 radical (unpaired) electrons. The van der Waals surface area contributed by atoms with Gasteiger partial charge in [0, 0.05) is 36.4 Å². The zero-order valence-corrected chi connectivity index (χ0v) is 17.1. The van der Waals surface area contributed by atoms with Gasteiger partial charge in [0.25, 0.3) is 5.05 Å². The van der Waals surface area contributed by atoms with Crippen LogP contribution in [-0.4, -0.2) is 35.3 Å². The normalized spacial score (nSPS) is 11.4. The molecule has 0 bridgehead atoms. The molecule has 0 aliphatic carbocycles. The first kappa shape index (κ1) is 21.3. The molecule has 0 unspecified atom stereocenters. The second-order valence-corrected chi connectivity index (χ2v) is 6.93. The summed E-state index contributed by atoms with van der Waals surface area (Å²) in [7, 11) is 0. The minimum atomic E-state index is -4.58. The summed E-state index contributed by atoms with van der Waals surface area (Å²) in [5.41, 5.74) is 1.19. The summed E-state index contributed by atoms with van der Waals surface area (Å²) in [5, 5.41) is 1.67. The maximum absolute atomic E-state index is 13.0. The molecule has 8 nitrogen and oxygen atoms in total. The van der Waals surface area contributed by atoms with E-state index in [9.17, 15) is 18.0 Å². The molecule has 0 spiro atoms. The number of alkyl halides is 3. The fourth-order valence-electron chi connectivity index (χ4n) is 2.85. The van der Waals surface area contributed by atoms with Crippen molar-refractivity contribution in [3.05, 3.63) is 66.5 Å². The van der Waals surface area contributed by atoms with Crippen molar-refractivity contribution in [3.63, 3.8) is 0 Å². The van der Waals surface area contributed by atoms with Gasteiger partial charge >= 0.3 is 12.1 Å². The summed E-state index contributed by atoms with van der Waals surface area (Å²) in [6.07, 6.45) is 4.61. The number of imidazole rings is 1. The van der Waals surface area contributed by atoms with Gasteiger partial charge in [0.2, 0.25) is 5.88 Å². The Morgan fingerprint density at radius 2 is 1.94 bits per heavy atom. The van der Waals surface area contributed by atoms with E-state index in [-0.39, 0.29) is 17.3 Å². The number of carbonyl (C=O) groups is 1. The molecule has 0 aliphatic heterocycles. The van der Waals surface area contributed by atoms with Crippen LogP contribution in [0.5, 0.6) is 5.88 Å². The molecule has 4 heterocycles. The molecule has 4 rings (SSSR count). The molecular formula is C20H13F3N6O2S. The second kappa shape index (κ2) is 8.30. The molecule has 0 aromatic carbocycles. The van der Waals surface area contributed by atoms with Crippen LogP contribution in [0.3, 0.4) is 0 Å². The standard InChI is InChI=1S/C20H13F3N6O2S/c1-11-7-25-15(6-13(11)20(21,22)23)28-18(30)19(32)31-17-3-2-12(8-27-17)14-9-26-16-10-24-4-5-29(14)16/h2-10H,1H3,(H,25,28,30). The van der Waals surface area contributed by atoms with Crippen molar-refractivity contribution in [2.45, 2.75) is 13.1 Å². The Hall–Kier alpha value is -3.93. The third-order valence-electron chi connectivity index (χ3n) is 4.38. The highest BCUT2D eigenvalue weighted by molar-refractivity contribution is 7.81. The van der Waals surface area contributed by atoms with Crippen molar-refractivity contribution in [3.8, 4) is 17.1 Å². The van der Waals surface area contributed by atoms with Crippen LogP contribution in [0, 0.1) is 6.92 Å². The fraction of sp³-hybridized carbons (Fsp3) is 0.100. The van der Waals surface area contributed by atoms with E-state index in [1.165, 1.54) is 19.2 Å². The van der Waals surface area contributed by atoms with Gasteiger partial charge in [0.05, 0.1) is 23.7 Å². The Kier molecular flexibility index (Phi) is 5.53. The summed E-state index contributed by atoms with van der Waals surface area (Å²) >= 11 is 4.92. The Morgan fingerprint density at radius 1 is 1.12 bits per heavy atom. The number of rotatable bonds is 3. The summed E-state index contributed by atoms with van der Waals surface area (Å²) in [5.74, 6) is -1.19. The lowest BCUT2D eigenvalue weighted by molar-refractivity contribution is -0.138. The lowest BCUT2D eigenvalue weighted by Crippen LogP contribution is -2.26. The monoisotopic (exact) mass is 458 g/mol. The van der Waals surface area contributed by atoms with Gasteiger partial charge in [-0.2, -0.15) is 13.2 Å². The molecule has 0 saturated carbocycles. The van der Waals surface area contributed by atoms with Crippen LogP contribution in [0.2, 0.25) is 0 Å². The highest BCUT2D eigenvalue weighted by Gasteiger charge is 2.33. The van der Waals surface area contributed by atoms with Crippen LogP contribution >= 0.6 is 12.2 Å². The van der Waals surface area contributed by atoms with E-state index in [4.69, 9.17) is 17.0 Å². The van der Waals surface area contributed by atoms with Gasteiger partial charge in [-0.3, -0.25) is 14.2 Å². The molecule has 0 saturated heterocycles. The summed E-state index contributed by atoms with van der Waals surface area (Å²) in [6.45, 7) is 1.27. The third kappa shape index (κ3) is 4.39. The fourth-order valence-corrected chi connectivity index (χ4v) is 2.99. The topological polar surface area (TPSA) is 94.3 Å². The molecule has 1 amide bonds. The maximum atomic E-state index is 13.0. The predicted octanol–water partition coefficient (Wildman–Crippen LogP) is 3.86. The molecule has 1 N–H and O–H groups in total. The third-order valence-corrected chi connectivity index (χ3v) is 4.65. The summed E-state index contributed by atoms with van der Waals surface area (Å²) < 4.78 is 46.2. The van der Waals surface area contributed by atoms with Gasteiger partial charge < -0.3 is 10.1 Å². The largest absolute Gasteiger partial charge is 0.422 e. The van der Waals surface area contributed by atoms with Crippen LogP contribution in [0.15, 0.2) is 55.4 Å². The van der Waals surface area contributed by atoms with Crippen LogP contribution in [0.1, 0.15) is 11.1 Å². The minimum absolute atomic E-state index is 0.0391. The lowest BCUT2D eigenvalue weighted by atomic mass is 10.1. The van der Waals surface area contributed by atoms with Crippen LogP contribution < -0.4 is 10.1 Å². The van der Waals surface area contributed by atoms with Crippen molar-refractivity contribution < 1.29 is 22.7 Å². The number of hydrogen-bond donors (Lipinski definition) is 1. The first-order chi connectivity index (χ1) is 15.2. The first-order valence-electron chi connectivity index (χ1n) is 9.03. The van der Waals surface area contributed by atoms with Crippen molar-refractivity contribution in [1.82, 2.24) is 24.3 Å². The van der Waals surface area contributed by atoms with Crippen molar-refractivity contribution in [2.24, 2.45) is 0 Å². The molecule has 4 aromatic heterocycles. The number of thiocarbonyl (C=S) groups is 1. The van der Waals surface area contributed by atoms with E-state index in [0.29, 0.717) is 5.65 Å². The number of carbonyl (C=O) groups excluding carboxylic acids is 1. The van der Waals surface area contributed by atoms with E-state index in [2.05, 4.69) is 25.3 Å². The van der Waals surface area contributed by atoms with Gasteiger partial charge in [0.1, 0.15) is 5.82 Å². The van der Waals surface area contributed by atoms with Crippen molar-refractivity contribution in [1.29, 1.82) is 0 Å². The number of anilines is 1. The Labute approximate surface area is 184 Å². The molecule has 4 aromatic rings. The zero-order valence-electron chi connectivity index (χ0n) is 16.3. The average Bonchev–Trinajstić information content (AvgIpc) is 3.19. The van der Waals surface area contributed by atoms with Crippen molar-refractivity contribution >= 4 is 34.6 Å². The molecule has 162 valence electrons.